The SMILES string of the molecule is Cc1ccc(S(N)(=O)=O)cc1C(=O)OCc1nc(C(C)C)no1. The standard InChI is InChI=1S/C14H17N3O5S/c1-8(2)13-16-12(22-17-13)7-21-14(18)11-6-10(23(15,19)20)5-4-9(11)3/h4-6,8H,7H2,1-3H3,(H2,15,19,20). The second-order valence-electron chi connectivity index (χ2n) is 5.30. The average molecular weight is 339 g/mol. The van der Waals surface area contributed by atoms with E-state index < -0.39 is 16.0 Å². The number of hydrogen-bond donors (Lipinski definition) is 1. The molecule has 0 aliphatic heterocycles. The van der Waals surface area contributed by atoms with Crippen molar-refractivity contribution in [1.29, 1.82) is 0 Å². The summed E-state index contributed by atoms with van der Waals surface area (Å²) in [6.45, 7) is 5.27. The van der Waals surface area contributed by atoms with E-state index >= 15 is 0 Å². The number of nitrogens with two attached hydrogens (primary N) is 1. The highest BCUT2D eigenvalue weighted by Gasteiger charge is 2.17. The van der Waals surface area contributed by atoms with Crippen LogP contribution in [0.15, 0.2) is 27.6 Å². The van der Waals surface area contributed by atoms with E-state index in [1.807, 2.05) is 13.8 Å². The van der Waals surface area contributed by atoms with Crippen molar-refractivity contribution in [3.05, 3.63) is 41.0 Å². The topological polar surface area (TPSA) is 125 Å². The van der Waals surface area contributed by atoms with E-state index in [9.17, 15) is 13.2 Å². The lowest BCUT2D eigenvalue weighted by molar-refractivity contribution is 0.0428. The molecule has 2 aromatic rings. The van der Waals surface area contributed by atoms with Crippen LogP contribution < -0.4 is 5.14 Å². The number of nitrogens with zero attached hydrogens (tertiary/aromatic N) is 2. The van der Waals surface area contributed by atoms with Crippen LogP contribution in [0.2, 0.25) is 0 Å². The summed E-state index contributed by atoms with van der Waals surface area (Å²) in [5, 5.41) is 8.82. The van der Waals surface area contributed by atoms with Crippen molar-refractivity contribution in [2.45, 2.75) is 38.2 Å². The van der Waals surface area contributed by atoms with Gasteiger partial charge in [0.2, 0.25) is 10.0 Å². The van der Waals surface area contributed by atoms with Crippen molar-refractivity contribution < 1.29 is 22.5 Å². The number of sulfonamides is 1. The highest BCUT2D eigenvalue weighted by Crippen LogP contribution is 2.16. The summed E-state index contributed by atoms with van der Waals surface area (Å²) in [6.07, 6.45) is 0. The van der Waals surface area contributed by atoms with Crippen LogP contribution in [0.3, 0.4) is 0 Å². The quantitative estimate of drug-likeness (QED) is 0.818. The van der Waals surface area contributed by atoms with Crippen molar-refractivity contribution in [1.82, 2.24) is 10.1 Å². The van der Waals surface area contributed by atoms with Crippen LogP contribution in [-0.2, 0) is 21.4 Å². The number of carbonyl (C=O) groups is 1. The predicted molar refractivity (Wildman–Crippen MR) is 80.1 cm³/mol. The highest BCUT2D eigenvalue weighted by molar-refractivity contribution is 7.89. The summed E-state index contributed by atoms with van der Waals surface area (Å²) in [7, 11) is -3.90. The van der Waals surface area contributed by atoms with Crippen LogP contribution >= 0.6 is 0 Å². The molecule has 0 aliphatic rings. The lowest BCUT2D eigenvalue weighted by Gasteiger charge is -2.07. The fourth-order valence-electron chi connectivity index (χ4n) is 1.76. The predicted octanol–water partition coefficient (Wildman–Crippen LogP) is 1.51. The molecule has 1 aromatic carbocycles. The van der Waals surface area contributed by atoms with Gasteiger partial charge in [0, 0.05) is 5.92 Å². The van der Waals surface area contributed by atoms with Crippen LogP contribution in [0, 0.1) is 6.92 Å². The Morgan fingerprint density at radius 2 is 2.09 bits per heavy atom. The summed E-state index contributed by atoms with van der Waals surface area (Å²) in [5.41, 5.74) is 0.677. The lowest BCUT2D eigenvalue weighted by Crippen LogP contribution is -2.14. The van der Waals surface area contributed by atoms with Gasteiger partial charge in [0.25, 0.3) is 5.89 Å². The minimum Gasteiger partial charge on any atom is -0.452 e. The number of hydrogen-bond acceptors (Lipinski definition) is 7. The van der Waals surface area contributed by atoms with Gasteiger partial charge < -0.3 is 9.26 Å². The van der Waals surface area contributed by atoms with Crippen molar-refractivity contribution in [2.24, 2.45) is 5.14 Å². The number of rotatable bonds is 5. The maximum absolute atomic E-state index is 12.1. The molecule has 1 aromatic heterocycles. The molecule has 8 nitrogen and oxygen atoms in total. The molecule has 2 rings (SSSR count). The van der Waals surface area contributed by atoms with Crippen molar-refractivity contribution in [3.63, 3.8) is 0 Å². The van der Waals surface area contributed by atoms with E-state index in [4.69, 9.17) is 14.4 Å². The first kappa shape index (κ1) is 17.1. The van der Waals surface area contributed by atoms with Crippen LogP contribution in [0.25, 0.3) is 0 Å². The Hall–Kier alpha value is -2.26. The Morgan fingerprint density at radius 1 is 1.39 bits per heavy atom. The van der Waals surface area contributed by atoms with Gasteiger partial charge in [-0.05, 0) is 24.6 Å². The molecule has 124 valence electrons. The Kier molecular flexibility index (Phi) is 4.81. The number of carbonyl (C=O) groups excluding carboxylic acids is 1. The fourth-order valence-corrected chi connectivity index (χ4v) is 2.30. The van der Waals surface area contributed by atoms with E-state index in [0.29, 0.717) is 11.4 Å². The first-order valence-electron chi connectivity index (χ1n) is 6.81. The number of primary sulfonamides is 1. The van der Waals surface area contributed by atoms with Gasteiger partial charge in [0.05, 0.1) is 10.5 Å². The first-order chi connectivity index (χ1) is 10.7. The zero-order valence-corrected chi connectivity index (χ0v) is 13.8. The zero-order chi connectivity index (χ0) is 17.2. The van der Waals surface area contributed by atoms with Crippen LogP contribution in [0.4, 0.5) is 0 Å². The summed E-state index contributed by atoms with van der Waals surface area (Å²) < 4.78 is 32.8. The van der Waals surface area contributed by atoms with Gasteiger partial charge in [-0.15, -0.1) is 0 Å². The van der Waals surface area contributed by atoms with Gasteiger partial charge in [0.15, 0.2) is 12.4 Å². The fraction of sp³-hybridized carbons (Fsp3) is 0.357. The number of aryl methyl sites for hydroxylation is 1. The molecule has 23 heavy (non-hydrogen) atoms. The third kappa shape index (κ3) is 4.14. The zero-order valence-electron chi connectivity index (χ0n) is 12.9. The molecule has 0 saturated heterocycles. The van der Waals surface area contributed by atoms with Gasteiger partial charge in [0.1, 0.15) is 0 Å². The number of aromatic nitrogens is 2. The molecular formula is C14H17N3O5S. The van der Waals surface area contributed by atoms with Gasteiger partial charge in [-0.3, -0.25) is 0 Å². The van der Waals surface area contributed by atoms with Gasteiger partial charge in [-0.2, -0.15) is 4.98 Å². The maximum atomic E-state index is 12.1. The molecule has 0 amide bonds. The third-order valence-corrected chi connectivity index (χ3v) is 4.00. The first-order valence-corrected chi connectivity index (χ1v) is 8.36. The minimum absolute atomic E-state index is 0.0943. The Morgan fingerprint density at radius 3 is 2.65 bits per heavy atom. The van der Waals surface area contributed by atoms with E-state index in [2.05, 4.69) is 10.1 Å². The van der Waals surface area contributed by atoms with E-state index in [-0.39, 0.29) is 28.9 Å². The smallest absolute Gasteiger partial charge is 0.338 e. The van der Waals surface area contributed by atoms with E-state index in [1.54, 1.807) is 6.92 Å². The molecule has 0 atom stereocenters. The highest BCUT2D eigenvalue weighted by atomic mass is 32.2. The van der Waals surface area contributed by atoms with Crippen molar-refractivity contribution in [3.8, 4) is 0 Å². The number of esters is 1. The Bertz CT molecular complexity index is 827. The molecule has 0 aliphatic carbocycles. The minimum atomic E-state index is -3.90. The molecular weight excluding hydrogens is 322 g/mol. The average Bonchev–Trinajstić information content (AvgIpc) is 2.93. The number of benzene rings is 1. The second kappa shape index (κ2) is 6.47. The number of ether oxygens (including phenoxy) is 1. The van der Waals surface area contributed by atoms with Crippen LogP contribution in [0.1, 0.15) is 47.4 Å². The third-order valence-electron chi connectivity index (χ3n) is 3.08. The summed E-state index contributed by atoms with van der Waals surface area (Å²) in [6, 6.07) is 3.99. The monoisotopic (exact) mass is 339 g/mol. The van der Waals surface area contributed by atoms with Crippen LogP contribution in [0.5, 0.6) is 0 Å². The molecule has 0 unspecified atom stereocenters. The van der Waals surface area contributed by atoms with Crippen LogP contribution in [-0.4, -0.2) is 24.5 Å². The second-order valence-corrected chi connectivity index (χ2v) is 6.86. The van der Waals surface area contributed by atoms with Crippen molar-refractivity contribution in [2.75, 3.05) is 0 Å². The lowest BCUT2D eigenvalue weighted by atomic mass is 10.1. The summed E-state index contributed by atoms with van der Waals surface area (Å²) in [4.78, 5) is 16.0. The van der Waals surface area contributed by atoms with Gasteiger partial charge >= 0.3 is 5.97 Å². The molecule has 2 N–H and O–H groups in total. The van der Waals surface area contributed by atoms with E-state index in [1.165, 1.54) is 18.2 Å². The van der Waals surface area contributed by atoms with E-state index in [0.717, 1.165) is 0 Å². The Balaban J connectivity index is 2.14. The molecule has 1 heterocycles. The maximum Gasteiger partial charge on any atom is 0.338 e. The van der Waals surface area contributed by atoms with Gasteiger partial charge in [-0.1, -0.05) is 25.1 Å². The normalized spacial score (nSPS) is 11.7. The largest absolute Gasteiger partial charge is 0.452 e. The molecule has 0 spiro atoms. The molecule has 9 heteroatoms. The Labute approximate surface area is 133 Å². The molecule has 0 bridgehead atoms. The van der Waals surface area contributed by atoms with Crippen molar-refractivity contribution >= 4 is 16.0 Å². The van der Waals surface area contributed by atoms with Gasteiger partial charge in [-0.25, -0.2) is 18.4 Å². The molecule has 0 saturated carbocycles. The summed E-state index contributed by atoms with van der Waals surface area (Å²) in [5.74, 6) is 0.0833. The molecule has 0 fully saturated rings. The molecule has 0 radical (unpaired) electrons. The summed E-state index contributed by atoms with van der Waals surface area (Å²) >= 11 is 0.